The summed E-state index contributed by atoms with van der Waals surface area (Å²) in [5.41, 5.74) is 1.95. The Bertz CT molecular complexity index is 663. The largest absolute Gasteiger partial charge is 0.484 e. The summed E-state index contributed by atoms with van der Waals surface area (Å²) in [4.78, 5) is 11.9. The van der Waals surface area contributed by atoms with Crippen LogP contribution in [0.2, 0.25) is 0 Å². The van der Waals surface area contributed by atoms with Gasteiger partial charge >= 0.3 is 0 Å². The van der Waals surface area contributed by atoms with Gasteiger partial charge < -0.3 is 14.8 Å². The molecule has 2 heterocycles. The number of aryl methyl sites for hydroxylation is 1. The summed E-state index contributed by atoms with van der Waals surface area (Å²) in [5.74, 6) is 0.511. The fourth-order valence-corrected chi connectivity index (χ4v) is 2.53. The molecule has 1 saturated heterocycles. The van der Waals surface area contributed by atoms with Crippen LogP contribution in [-0.2, 0) is 16.6 Å². The van der Waals surface area contributed by atoms with Crippen molar-refractivity contribution in [1.82, 2.24) is 15.1 Å². The van der Waals surface area contributed by atoms with E-state index in [1.165, 1.54) is 0 Å². The van der Waals surface area contributed by atoms with Crippen molar-refractivity contribution < 1.29 is 14.3 Å². The lowest BCUT2D eigenvalue weighted by Gasteiger charge is -2.23. The predicted molar refractivity (Wildman–Crippen MR) is 85.0 cm³/mol. The minimum Gasteiger partial charge on any atom is -0.484 e. The number of aromatic nitrogens is 2. The van der Waals surface area contributed by atoms with Crippen LogP contribution in [0.3, 0.4) is 0 Å². The topological polar surface area (TPSA) is 65.4 Å². The molecule has 1 radical (unpaired) electrons. The Labute approximate surface area is 135 Å². The first-order valence-electron chi connectivity index (χ1n) is 7.71. The van der Waals surface area contributed by atoms with Crippen molar-refractivity contribution in [2.24, 2.45) is 7.05 Å². The number of amides is 1. The first-order valence-corrected chi connectivity index (χ1v) is 7.71. The maximum Gasteiger partial charge on any atom is 0.258 e. The Balaban J connectivity index is 1.54. The van der Waals surface area contributed by atoms with Crippen molar-refractivity contribution >= 4 is 5.91 Å². The second-order valence-corrected chi connectivity index (χ2v) is 5.60. The van der Waals surface area contributed by atoms with Crippen LogP contribution in [0.25, 0.3) is 11.1 Å². The van der Waals surface area contributed by atoms with Crippen LogP contribution < -0.4 is 10.1 Å². The van der Waals surface area contributed by atoms with Gasteiger partial charge in [0.05, 0.1) is 6.20 Å². The molecule has 1 aromatic carbocycles. The SMILES string of the molecule is Cn1cc(-c2c[c]cc(OCC(=O)NC3CCOCC3)c2)cn1. The van der Waals surface area contributed by atoms with Gasteiger partial charge in [0.25, 0.3) is 5.91 Å². The molecule has 1 fully saturated rings. The van der Waals surface area contributed by atoms with E-state index in [0.717, 1.165) is 24.0 Å². The van der Waals surface area contributed by atoms with E-state index in [2.05, 4.69) is 16.5 Å². The smallest absolute Gasteiger partial charge is 0.258 e. The number of hydrogen-bond donors (Lipinski definition) is 1. The van der Waals surface area contributed by atoms with Gasteiger partial charge in [0.2, 0.25) is 0 Å². The molecule has 2 aromatic rings. The normalized spacial score (nSPS) is 15.3. The Morgan fingerprint density at radius 2 is 2.26 bits per heavy atom. The first-order chi connectivity index (χ1) is 11.2. The lowest BCUT2D eigenvalue weighted by Crippen LogP contribution is -2.41. The highest BCUT2D eigenvalue weighted by Gasteiger charge is 2.16. The molecule has 1 aromatic heterocycles. The lowest BCUT2D eigenvalue weighted by atomic mass is 10.1. The number of carbonyl (C=O) groups excluding carboxylic acids is 1. The number of hydrogen-bond acceptors (Lipinski definition) is 4. The van der Waals surface area contributed by atoms with Gasteiger partial charge in [-0.3, -0.25) is 9.48 Å². The third-order valence-corrected chi connectivity index (χ3v) is 3.76. The fraction of sp³-hybridized carbons (Fsp3) is 0.412. The molecular weight excluding hydrogens is 294 g/mol. The number of carbonyl (C=O) groups is 1. The van der Waals surface area contributed by atoms with Crippen molar-refractivity contribution in [3.8, 4) is 16.9 Å². The van der Waals surface area contributed by atoms with E-state index in [1.54, 1.807) is 16.9 Å². The first kappa shape index (κ1) is 15.6. The van der Waals surface area contributed by atoms with E-state index in [1.807, 2.05) is 25.4 Å². The number of rotatable bonds is 5. The van der Waals surface area contributed by atoms with Crippen LogP contribution in [0.4, 0.5) is 0 Å². The van der Waals surface area contributed by atoms with E-state index in [0.29, 0.717) is 19.0 Å². The van der Waals surface area contributed by atoms with E-state index in [4.69, 9.17) is 9.47 Å². The molecule has 0 unspecified atom stereocenters. The Morgan fingerprint density at radius 1 is 1.43 bits per heavy atom. The molecule has 0 aliphatic carbocycles. The second kappa shape index (κ2) is 7.28. The Hall–Kier alpha value is -2.34. The van der Waals surface area contributed by atoms with Crippen molar-refractivity contribution in [3.63, 3.8) is 0 Å². The average molecular weight is 314 g/mol. The molecule has 0 saturated carbocycles. The van der Waals surface area contributed by atoms with Crippen molar-refractivity contribution in [2.75, 3.05) is 19.8 Å². The summed E-state index contributed by atoms with van der Waals surface area (Å²) in [6.07, 6.45) is 5.42. The van der Waals surface area contributed by atoms with E-state index in [9.17, 15) is 4.79 Å². The van der Waals surface area contributed by atoms with Gasteiger partial charge in [-0.2, -0.15) is 5.10 Å². The van der Waals surface area contributed by atoms with Gasteiger partial charge in [-0.25, -0.2) is 0 Å². The lowest BCUT2D eigenvalue weighted by molar-refractivity contribution is -0.124. The van der Waals surface area contributed by atoms with Gasteiger partial charge in [-0.1, -0.05) is 0 Å². The zero-order valence-electron chi connectivity index (χ0n) is 13.1. The van der Waals surface area contributed by atoms with Gasteiger partial charge in [0, 0.05) is 38.1 Å². The van der Waals surface area contributed by atoms with Crippen LogP contribution in [0.5, 0.6) is 5.75 Å². The maximum absolute atomic E-state index is 11.9. The van der Waals surface area contributed by atoms with Gasteiger partial charge in [0.15, 0.2) is 6.61 Å². The molecule has 1 N–H and O–H groups in total. The van der Waals surface area contributed by atoms with E-state index < -0.39 is 0 Å². The molecule has 1 aliphatic heterocycles. The Morgan fingerprint density at radius 3 is 3.00 bits per heavy atom. The minimum absolute atomic E-state index is 0.00168. The second-order valence-electron chi connectivity index (χ2n) is 5.60. The van der Waals surface area contributed by atoms with Crippen LogP contribution in [0, 0.1) is 6.07 Å². The summed E-state index contributed by atoms with van der Waals surface area (Å²) in [6, 6.07) is 8.70. The summed E-state index contributed by atoms with van der Waals surface area (Å²) in [5, 5.41) is 7.12. The number of ether oxygens (including phenoxy) is 2. The van der Waals surface area contributed by atoms with Crippen LogP contribution >= 0.6 is 0 Å². The molecular formula is C17H20N3O3. The molecule has 6 nitrogen and oxygen atoms in total. The molecule has 6 heteroatoms. The molecule has 0 spiro atoms. The average Bonchev–Trinajstić information content (AvgIpc) is 3.01. The van der Waals surface area contributed by atoms with Crippen LogP contribution in [0.15, 0.2) is 30.6 Å². The molecule has 1 aliphatic rings. The van der Waals surface area contributed by atoms with Crippen molar-refractivity contribution in [3.05, 3.63) is 36.7 Å². The van der Waals surface area contributed by atoms with Crippen molar-refractivity contribution in [1.29, 1.82) is 0 Å². The quantitative estimate of drug-likeness (QED) is 0.909. The summed E-state index contributed by atoms with van der Waals surface area (Å²) in [6.45, 7) is 1.41. The monoisotopic (exact) mass is 314 g/mol. The molecule has 3 rings (SSSR count). The zero-order valence-corrected chi connectivity index (χ0v) is 13.1. The minimum atomic E-state index is -0.108. The van der Waals surface area contributed by atoms with Gasteiger partial charge in [0.1, 0.15) is 5.75 Å². The third kappa shape index (κ3) is 4.32. The molecule has 121 valence electrons. The molecule has 0 bridgehead atoms. The Kier molecular flexibility index (Phi) is 4.92. The summed E-state index contributed by atoms with van der Waals surface area (Å²) >= 11 is 0. The van der Waals surface area contributed by atoms with Gasteiger partial charge in [-0.05, 0) is 42.7 Å². The van der Waals surface area contributed by atoms with Gasteiger partial charge in [-0.15, -0.1) is 0 Å². The van der Waals surface area contributed by atoms with Crippen molar-refractivity contribution in [2.45, 2.75) is 18.9 Å². The third-order valence-electron chi connectivity index (χ3n) is 3.76. The highest BCUT2D eigenvalue weighted by molar-refractivity contribution is 5.78. The number of nitrogens with one attached hydrogen (secondary N) is 1. The standard InChI is InChI=1S/C17H20N3O3/c1-20-11-14(10-18-20)13-3-2-4-16(9-13)23-12-17(21)19-15-5-7-22-8-6-15/h3-4,9-11,15H,5-8,12H2,1H3,(H,19,21). The highest BCUT2D eigenvalue weighted by atomic mass is 16.5. The van der Waals surface area contributed by atoms with E-state index in [-0.39, 0.29) is 18.6 Å². The fourth-order valence-electron chi connectivity index (χ4n) is 2.53. The van der Waals surface area contributed by atoms with Crippen LogP contribution in [0.1, 0.15) is 12.8 Å². The highest BCUT2D eigenvalue weighted by Crippen LogP contribution is 2.22. The summed E-state index contributed by atoms with van der Waals surface area (Å²) in [7, 11) is 1.87. The number of nitrogens with zero attached hydrogens (tertiary/aromatic N) is 2. The van der Waals surface area contributed by atoms with Crippen LogP contribution in [-0.4, -0.2) is 41.6 Å². The molecule has 23 heavy (non-hydrogen) atoms. The maximum atomic E-state index is 11.9. The molecule has 1 amide bonds. The van der Waals surface area contributed by atoms with E-state index >= 15 is 0 Å². The summed E-state index contributed by atoms with van der Waals surface area (Å²) < 4.78 is 12.6. The zero-order chi connectivity index (χ0) is 16.1. The number of benzene rings is 1. The predicted octanol–water partition coefficient (Wildman–Crippen LogP) is 1.56. The molecule has 0 atom stereocenters.